The van der Waals surface area contributed by atoms with E-state index in [0.717, 1.165) is 19.6 Å². The van der Waals surface area contributed by atoms with Crippen LogP contribution >= 0.6 is 0 Å². The maximum Gasteiger partial charge on any atom is 0.0724 e. The summed E-state index contributed by atoms with van der Waals surface area (Å²) in [7, 11) is 0. The molecule has 19 heavy (non-hydrogen) atoms. The maximum atomic E-state index is 5.88. The van der Waals surface area contributed by atoms with E-state index in [-0.39, 0.29) is 5.60 Å². The van der Waals surface area contributed by atoms with Gasteiger partial charge in [-0.2, -0.15) is 0 Å². The molecule has 0 aromatic heterocycles. The molecule has 2 nitrogen and oxygen atoms in total. The molecule has 0 saturated carbocycles. The van der Waals surface area contributed by atoms with Crippen molar-refractivity contribution >= 4 is 0 Å². The van der Waals surface area contributed by atoms with Crippen LogP contribution in [0.15, 0.2) is 30.3 Å². The number of hydrogen-bond donors (Lipinski definition) is 0. The van der Waals surface area contributed by atoms with E-state index in [1.165, 1.54) is 12.0 Å². The summed E-state index contributed by atoms with van der Waals surface area (Å²) >= 11 is 0. The van der Waals surface area contributed by atoms with Crippen LogP contribution in [0, 0.1) is 0 Å². The quantitative estimate of drug-likeness (QED) is 0.658. The summed E-state index contributed by atoms with van der Waals surface area (Å²) in [6.45, 7) is 12.7. The van der Waals surface area contributed by atoms with Crippen LogP contribution in [0.3, 0.4) is 0 Å². The molecule has 0 spiro atoms. The molecule has 0 heterocycles. The summed E-state index contributed by atoms with van der Waals surface area (Å²) < 4.78 is 11.2. The van der Waals surface area contributed by atoms with Crippen molar-refractivity contribution in [3.8, 4) is 0 Å². The average Bonchev–Trinajstić information content (AvgIpc) is 2.39. The van der Waals surface area contributed by atoms with E-state index < -0.39 is 0 Å². The Morgan fingerprint density at radius 2 is 1.58 bits per heavy atom. The van der Waals surface area contributed by atoms with Crippen LogP contribution in [-0.2, 0) is 16.1 Å². The molecule has 1 rings (SSSR count). The zero-order valence-corrected chi connectivity index (χ0v) is 13.2. The molecule has 0 unspecified atom stereocenters. The van der Waals surface area contributed by atoms with Crippen LogP contribution in [0.2, 0.25) is 0 Å². The standard InChI is InChI=1S/C14H22O2.C3H8/c1-4-15-11-10-14(2,3)16-12-13-8-6-5-7-9-13;1-3-2/h5-9H,4,10-12H2,1-3H3;3H2,1-2H3. The summed E-state index contributed by atoms with van der Waals surface area (Å²) in [6, 6.07) is 10.2. The predicted molar refractivity (Wildman–Crippen MR) is 82.4 cm³/mol. The Labute approximate surface area is 119 Å². The van der Waals surface area contributed by atoms with E-state index in [0.29, 0.717) is 6.61 Å². The van der Waals surface area contributed by atoms with Crippen LogP contribution < -0.4 is 0 Å². The number of benzene rings is 1. The van der Waals surface area contributed by atoms with E-state index in [9.17, 15) is 0 Å². The van der Waals surface area contributed by atoms with Crippen molar-refractivity contribution in [2.45, 2.75) is 59.7 Å². The highest BCUT2D eigenvalue weighted by Crippen LogP contribution is 2.17. The van der Waals surface area contributed by atoms with Gasteiger partial charge in [-0.05, 0) is 32.8 Å². The summed E-state index contributed by atoms with van der Waals surface area (Å²) in [5, 5.41) is 0. The molecule has 0 bridgehead atoms. The van der Waals surface area contributed by atoms with Crippen molar-refractivity contribution in [1.29, 1.82) is 0 Å². The molecule has 0 aliphatic carbocycles. The predicted octanol–water partition coefficient (Wildman–Crippen LogP) is 4.82. The smallest absolute Gasteiger partial charge is 0.0724 e. The van der Waals surface area contributed by atoms with Crippen molar-refractivity contribution < 1.29 is 9.47 Å². The Morgan fingerprint density at radius 1 is 1.00 bits per heavy atom. The Bertz CT molecular complexity index is 293. The van der Waals surface area contributed by atoms with Crippen molar-refractivity contribution in [3.05, 3.63) is 35.9 Å². The lowest BCUT2D eigenvalue weighted by Gasteiger charge is -2.25. The van der Waals surface area contributed by atoms with Crippen LogP contribution in [0.5, 0.6) is 0 Å². The molecule has 0 fully saturated rings. The van der Waals surface area contributed by atoms with Crippen molar-refractivity contribution in [3.63, 3.8) is 0 Å². The van der Waals surface area contributed by atoms with Gasteiger partial charge in [0, 0.05) is 13.2 Å². The van der Waals surface area contributed by atoms with Crippen molar-refractivity contribution in [2.24, 2.45) is 0 Å². The minimum Gasteiger partial charge on any atom is -0.382 e. The Hall–Kier alpha value is -0.860. The zero-order chi connectivity index (χ0) is 14.6. The third-order valence-electron chi connectivity index (χ3n) is 2.52. The average molecular weight is 266 g/mol. The minimum atomic E-state index is -0.120. The molecular formula is C17H30O2. The first-order valence-corrected chi connectivity index (χ1v) is 7.31. The van der Waals surface area contributed by atoms with E-state index in [1.807, 2.05) is 25.1 Å². The van der Waals surface area contributed by atoms with Crippen LogP contribution in [0.25, 0.3) is 0 Å². The second kappa shape index (κ2) is 11.0. The van der Waals surface area contributed by atoms with Gasteiger partial charge < -0.3 is 9.47 Å². The molecule has 1 aromatic rings. The molecule has 0 saturated heterocycles. The molecule has 0 aliphatic heterocycles. The summed E-state index contributed by atoms with van der Waals surface area (Å²) in [5.41, 5.74) is 1.09. The van der Waals surface area contributed by atoms with Crippen LogP contribution in [0.4, 0.5) is 0 Å². The molecule has 2 heteroatoms. The fraction of sp³-hybridized carbons (Fsp3) is 0.647. The van der Waals surface area contributed by atoms with Gasteiger partial charge in [0.05, 0.1) is 12.2 Å². The van der Waals surface area contributed by atoms with Gasteiger partial charge in [-0.3, -0.25) is 0 Å². The van der Waals surface area contributed by atoms with E-state index in [1.54, 1.807) is 0 Å². The molecule has 0 aliphatic rings. The summed E-state index contributed by atoms with van der Waals surface area (Å²) in [5.74, 6) is 0. The fourth-order valence-corrected chi connectivity index (χ4v) is 1.39. The first-order chi connectivity index (χ1) is 9.05. The summed E-state index contributed by atoms with van der Waals surface area (Å²) in [4.78, 5) is 0. The SMILES string of the molecule is CCC.CCOCCC(C)(C)OCc1ccccc1. The lowest BCUT2D eigenvalue weighted by Crippen LogP contribution is -2.26. The Balaban J connectivity index is 0.000000982. The molecule has 0 atom stereocenters. The number of ether oxygens (including phenoxy) is 2. The second-order valence-corrected chi connectivity index (χ2v) is 5.19. The van der Waals surface area contributed by atoms with Gasteiger partial charge in [0.2, 0.25) is 0 Å². The molecule has 0 amide bonds. The molecule has 1 aromatic carbocycles. The van der Waals surface area contributed by atoms with Gasteiger partial charge in [0.15, 0.2) is 0 Å². The Kier molecular flexibility index (Phi) is 10.5. The first kappa shape index (κ1) is 18.1. The van der Waals surface area contributed by atoms with Gasteiger partial charge in [0.25, 0.3) is 0 Å². The molecule has 0 radical (unpaired) electrons. The van der Waals surface area contributed by atoms with Crippen LogP contribution in [-0.4, -0.2) is 18.8 Å². The third kappa shape index (κ3) is 10.7. The number of rotatable bonds is 7. The van der Waals surface area contributed by atoms with E-state index >= 15 is 0 Å². The molecular weight excluding hydrogens is 236 g/mol. The van der Waals surface area contributed by atoms with Crippen molar-refractivity contribution in [1.82, 2.24) is 0 Å². The van der Waals surface area contributed by atoms with Gasteiger partial charge in [0.1, 0.15) is 0 Å². The topological polar surface area (TPSA) is 18.5 Å². The minimum absolute atomic E-state index is 0.120. The normalized spacial score (nSPS) is 10.8. The largest absolute Gasteiger partial charge is 0.382 e. The van der Waals surface area contributed by atoms with Gasteiger partial charge in [-0.1, -0.05) is 50.6 Å². The first-order valence-electron chi connectivity index (χ1n) is 7.31. The van der Waals surface area contributed by atoms with Gasteiger partial charge in [-0.25, -0.2) is 0 Å². The maximum absolute atomic E-state index is 5.88. The molecule has 0 N–H and O–H groups in total. The highest BCUT2D eigenvalue weighted by Gasteiger charge is 2.17. The second-order valence-electron chi connectivity index (χ2n) is 5.19. The summed E-state index contributed by atoms with van der Waals surface area (Å²) in [6.07, 6.45) is 2.17. The van der Waals surface area contributed by atoms with Crippen LogP contribution in [0.1, 0.15) is 53.0 Å². The zero-order valence-electron chi connectivity index (χ0n) is 13.2. The molecule has 110 valence electrons. The highest BCUT2D eigenvalue weighted by atomic mass is 16.5. The van der Waals surface area contributed by atoms with E-state index in [4.69, 9.17) is 9.47 Å². The fourth-order valence-electron chi connectivity index (χ4n) is 1.39. The third-order valence-corrected chi connectivity index (χ3v) is 2.52. The highest BCUT2D eigenvalue weighted by molar-refractivity contribution is 5.13. The van der Waals surface area contributed by atoms with Gasteiger partial charge in [-0.15, -0.1) is 0 Å². The monoisotopic (exact) mass is 266 g/mol. The lowest BCUT2D eigenvalue weighted by atomic mass is 10.1. The van der Waals surface area contributed by atoms with Gasteiger partial charge >= 0.3 is 0 Å². The number of hydrogen-bond acceptors (Lipinski definition) is 2. The van der Waals surface area contributed by atoms with Crippen molar-refractivity contribution in [2.75, 3.05) is 13.2 Å². The Morgan fingerprint density at radius 3 is 2.11 bits per heavy atom. The van der Waals surface area contributed by atoms with E-state index in [2.05, 4.69) is 39.8 Å². The lowest BCUT2D eigenvalue weighted by molar-refractivity contribution is -0.0499.